The van der Waals surface area contributed by atoms with Gasteiger partial charge in [0, 0.05) is 29.7 Å². The van der Waals surface area contributed by atoms with Crippen molar-refractivity contribution in [3.05, 3.63) is 59.9 Å². The third kappa shape index (κ3) is 5.45. The number of benzene rings is 1. The number of halogens is 3. The highest BCUT2D eigenvalue weighted by molar-refractivity contribution is 5.88. The lowest BCUT2D eigenvalue weighted by Gasteiger charge is -2.08. The molecule has 0 aliphatic rings. The summed E-state index contributed by atoms with van der Waals surface area (Å²) in [5.74, 6) is -0.527. The van der Waals surface area contributed by atoms with Gasteiger partial charge in [-0.1, -0.05) is 6.07 Å². The van der Waals surface area contributed by atoms with E-state index in [0.717, 1.165) is 12.1 Å². The molecule has 2 rings (SSSR count). The molecule has 0 aliphatic carbocycles. The molecular weight excluding hydrogens is 335 g/mol. The predicted octanol–water partition coefficient (Wildman–Crippen LogP) is 4.06. The summed E-state index contributed by atoms with van der Waals surface area (Å²) in [5, 5.41) is 2.68. The zero-order chi connectivity index (χ0) is 18.3. The van der Waals surface area contributed by atoms with Crippen molar-refractivity contribution < 1.29 is 22.7 Å². The number of methoxy groups -OCH3 is 1. The van der Waals surface area contributed by atoms with E-state index in [2.05, 4.69) is 20.0 Å². The Morgan fingerprint density at radius 2 is 2.12 bits per heavy atom. The Morgan fingerprint density at radius 1 is 1.32 bits per heavy atom. The number of pyridine rings is 1. The van der Waals surface area contributed by atoms with E-state index in [0.29, 0.717) is 11.3 Å². The lowest BCUT2D eigenvalue weighted by molar-refractivity contribution is -0.137. The van der Waals surface area contributed by atoms with Gasteiger partial charge in [0.1, 0.15) is 0 Å². The van der Waals surface area contributed by atoms with E-state index in [1.54, 1.807) is 6.07 Å². The number of rotatable bonds is 5. The van der Waals surface area contributed by atoms with Crippen LogP contribution in [0.1, 0.15) is 11.1 Å². The van der Waals surface area contributed by atoms with Gasteiger partial charge in [-0.2, -0.15) is 13.2 Å². The van der Waals surface area contributed by atoms with E-state index >= 15 is 0 Å². The summed E-state index contributed by atoms with van der Waals surface area (Å²) in [7, 11) is 1.26. The van der Waals surface area contributed by atoms with Crippen molar-refractivity contribution in [3.8, 4) is 0 Å². The lowest BCUT2D eigenvalue weighted by Crippen LogP contribution is -2.05. The molecule has 0 spiro atoms. The van der Waals surface area contributed by atoms with Gasteiger partial charge in [0.25, 0.3) is 0 Å². The average Bonchev–Trinajstić information content (AvgIpc) is 2.60. The highest BCUT2D eigenvalue weighted by Gasteiger charge is 2.30. The first-order chi connectivity index (χ1) is 11.9. The van der Waals surface area contributed by atoms with E-state index in [9.17, 15) is 18.0 Å². The Morgan fingerprint density at radius 3 is 2.84 bits per heavy atom. The van der Waals surface area contributed by atoms with Gasteiger partial charge in [-0.15, -0.1) is 0 Å². The number of carbonyl (C=O) groups is 1. The van der Waals surface area contributed by atoms with Crippen LogP contribution in [0, 0.1) is 0 Å². The van der Waals surface area contributed by atoms with Crippen molar-refractivity contribution in [2.24, 2.45) is 4.99 Å². The molecule has 0 bridgehead atoms. The maximum Gasteiger partial charge on any atom is 0.416 e. The van der Waals surface area contributed by atoms with Gasteiger partial charge in [-0.3, -0.25) is 4.98 Å². The molecular formula is C17H14F3N3O2. The largest absolute Gasteiger partial charge is 0.466 e. The van der Waals surface area contributed by atoms with E-state index < -0.39 is 17.7 Å². The number of hydrogen-bond acceptors (Lipinski definition) is 4. The minimum atomic E-state index is -4.41. The summed E-state index contributed by atoms with van der Waals surface area (Å²) in [5.41, 5.74) is 0.528. The molecule has 0 atom stereocenters. The van der Waals surface area contributed by atoms with Crippen molar-refractivity contribution in [1.82, 2.24) is 4.98 Å². The molecule has 1 aromatic carbocycles. The van der Waals surface area contributed by atoms with Gasteiger partial charge in [0.15, 0.2) is 0 Å². The molecule has 2 aromatic rings. The molecule has 0 aliphatic heterocycles. The smallest absolute Gasteiger partial charge is 0.416 e. The van der Waals surface area contributed by atoms with Crippen LogP contribution in [0.3, 0.4) is 0 Å². The van der Waals surface area contributed by atoms with E-state index in [1.807, 2.05) is 0 Å². The number of alkyl halides is 3. The minimum Gasteiger partial charge on any atom is -0.466 e. The van der Waals surface area contributed by atoms with Crippen LogP contribution in [0.4, 0.5) is 24.5 Å². The quantitative estimate of drug-likeness (QED) is 0.383. The van der Waals surface area contributed by atoms with Crippen LogP contribution in [0.25, 0.3) is 6.08 Å². The fraction of sp³-hybridized carbons (Fsp3) is 0.118. The molecule has 1 heterocycles. The predicted molar refractivity (Wildman–Crippen MR) is 88.5 cm³/mol. The Kier molecular flexibility index (Phi) is 5.89. The van der Waals surface area contributed by atoms with Crippen LogP contribution < -0.4 is 5.32 Å². The molecule has 1 aromatic heterocycles. The molecule has 0 unspecified atom stereocenters. The van der Waals surface area contributed by atoms with Crippen molar-refractivity contribution in [2.75, 3.05) is 12.4 Å². The van der Waals surface area contributed by atoms with Gasteiger partial charge >= 0.3 is 12.1 Å². The van der Waals surface area contributed by atoms with Crippen LogP contribution in [-0.4, -0.2) is 24.4 Å². The summed E-state index contributed by atoms with van der Waals surface area (Å²) in [6.07, 6.45) is 2.56. The number of carbonyl (C=O) groups excluding carboxylic acids is 1. The number of nitrogens with one attached hydrogen (secondary N) is 1. The molecule has 0 saturated heterocycles. The normalized spacial score (nSPS) is 11.8. The number of esters is 1. The number of aliphatic imine (C=N–C) groups is 1. The van der Waals surface area contributed by atoms with Gasteiger partial charge in [0.05, 0.1) is 24.7 Å². The van der Waals surface area contributed by atoms with Crippen LogP contribution in [0.5, 0.6) is 0 Å². The first-order valence-corrected chi connectivity index (χ1v) is 7.06. The zero-order valence-corrected chi connectivity index (χ0v) is 13.1. The Labute approximate surface area is 141 Å². The van der Waals surface area contributed by atoms with E-state index in [-0.39, 0.29) is 5.69 Å². The molecule has 0 radical (unpaired) electrons. The SMILES string of the molecule is COC(=O)/C=C/c1cnccc1N=CNc1cccc(C(F)(F)F)c1. The molecule has 1 N–H and O–H groups in total. The number of aromatic nitrogens is 1. The Balaban J connectivity index is 2.13. The average molecular weight is 349 g/mol. The van der Waals surface area contributed by atoms with Crippen molar-refractivity contribution >= 4 is 29.8 Å². The van der Waals surface area contributed by atoms with Crippen molar-refractivity contribution in [3.63, 3.8) is 0 Å². The maximum atomic E-state index is 12.7. The van der Waals surface area contributed by atoms with Gasteiger partial charge in [0.2, 0.25) is 0 Å². The molecule has 8 heteroatoms. The summed E-state index contributed by atoms with van der Waals surface area (Å²) < 4.78 is 42.5. The molecule has 130 valence electrons. The molecule has 0 saturated carbocycles. The molecule has 0 amide bonds. The topological polar surface area (TPSA) is 63.6 Å². The number of anilines is 1. The van der Waals surface area contributed by atoms with Crippen LogP contribution in [-0.2, 0) is 15.7 Å². The number of nitrogens with zero attached hydrogens (tertiary/aromatic N) is 2. The summed E-state index contributed by atoms with van der Waals surface area (Å²) >= 11 is 0. The first kappa shape index (κ1) is 18.2. The third-order valence-corrected chi connectivity index (χ3v) is 3.05. The van der Waals surface area contributed by atoms with Gasteiger partial charge in [-0.25, -0.2) is 9.79 Å². The monoisotopic (exact) mass is 349 g/mol. The number of hydrogen-bond donors (Lipinski definition) is 1. The van der Waals surface area contributed by atoms with Gasteiger partial charge in [-0.05, 0) is 30.3 Å². The fourth-order valence-electron chi connectivity index (χ4n) is 1.83. The van der Waals surface area contributed by atoms with Crippen molar-refractivity contribution in [2.45, 2.75) is 6.18 Å². The Hall–Kier alpha value is -3.16. The number of ether oxygens (including phenoxy) is 1. The van der Waals surface area contributed by atoms with Gasteiger partial charge < -0.3 is 10.1 Å². The molecule has 0 fully saturated rings. The van der Waals surface area contributed by atoms with Crippen molar-refractivity contribution in [1.29, 1.82) is 0 Å². The second kappa shape index (κ2) is 8.09. The first-order valence-electron chi connectivity index (χ1n) is 7.06. The third-order valence-electron chi connectivity index (χ3n) is 3.05. The highest BCUT2D eigenvalue weighted by atomic mass is 19.4. The molecule has 25 heavy (non-hydrogen) atoms. The maximum absolute atomic E-state index is 12.7. The lowest BCUT2D eigenvalue weighted by atomic mass is 10.2. The standard InChI is InChI=1S/C17H14F3N3O2/c1-25-16(24)6-5-12-10-21-8-7-15(12)23-11-22-14-4-2-3-13(9-14)17(18,19)20/h2-11H,1H3,(H,21,22,23)/b6-5+. The minimum absolute atomic E-state index is 0.249. The summed E-state index contributed by atoms with van der Waals surface area (Å²) in [4.78, 5) is 19.2. The highest BCUT2D eigenvalue weighted by Crippen LogP contribution is 2.30. The van der Waals surface area contributed by atoms with E-state index in [1.165, 1.54) is 50.1 Å². The summed E-state index contributed by atoms with van der Waals surface area (Å²) in [6, 6.07) is 6.36. The second-order valence-corrected chi connectivity index (χ2v) is 4.77. The van der Waals surface area contributed by atoms with Crippen LogP contribution in [0.15, 0.2) is 53.8 Å². The Bertz CT molecular complexity index is 802. The second-order valence-electron chi connectivity index (χ2n) is 4.77. The molecule has 5 nitrogen and oxygen atoms in total. The van der Waals surface area contributed by atoms with E-state index in [4.69, 9.17) is 0 Å². The van der Waals surface area contributed by atoms with Crippen LogP contribution >= 0.6 is 0 Å². The summed E-state index contributed by atoms with van der Waals surface area (Å²) in [6.45, 7) is 0. The zero-order valence-electron chi connectivity index (χ0n) is 13.1. The van der Waals surface area contributed by atoms with Crippen LogP contribution in [0.2, 0.25) is 0 Å². The fourth-order valence-corrected chi connectivity index (χ4v) is 1.83.